The smallest absolute Gasteiger partial charge is 0.328 e. The first-order chi connectivity index (χ1) is 18.3. The summed E-state index contributed by atoms with van der Waals surface area (Å²) in [4.78, 5) is 59.8. The van der Waals surface area contributed by atoms with Crippen LogP contribution >= 0.6 is 11.6 Å². The number of halogens is 1. The number of nitrogens with one attached hydrogen (secondary N) is 1. The standard InChI is InChI=1S/C24H27ClN8O5/c1-3-6-32-21-20(23(36)33(24(32)37)13-7-14(34)8-13)29-18(30-21)12-38-15-4-5-19(28-9-15)31(2)22(35)16-10-27-17(25)11-26-16/h4-5,9-11,13-14,20-21,34H,3,6-8,12H2,1-2H3,(H,29,30). The molecule has 4 amide bonds. The third kappa shape index (κ3) is 4.86. The highest BCUT2D eigenvalue weighted by Crippen LogP contribution is 2.32. The monoisotopic (exact) mass is 542 g/mol. The van der Waals surface area contributed by atoms with E-state index >= 15 is 0 Å². The summed E-state index contributed by atoms with van der Waals surface area (Å²) < 4.78 is 5.81. The number of fused-ring (bicyclic) bond motifs is 1. The second-order valence-electron chi connectivity index (χ2n) is 9.30. The molecule has 1 saturated carbocycles. The van der Waals surface area contributed by atoms with Gasteiger partial charge < -0.3 is 15.2 Å². The van der Waals surface area contributed by atoms with Crippen LogP contribution in [0.2, 0.25) is 5.15 Å². The van der Waals surface area contributed by atoms with Gasteiger partial charge in [-0.3, -0.25) is 24.3 Å². The highest BCUT2D eigenvalue weighted by molar-refractivity contribution is 6.29. The number of carbonyl (C=O) groups is 3. The summed E-state index contributed by atoms with van der Waals surface area (Å²) >= 11 is 5.73. The summed E-state index contributed by atoms with van der Waals surface area (Å²) in [6.07, 6.45) is 4.42. The Morgan fingerprint density at radius 2 is 2.00 bits per heavy atom. The molecule has 5 rings (SSSR count). The van der Waals surface area contributed by atoms with E-state index in [2.05, 4.69) is 25.3 Å². The SMILES string of the molecule is CCCN1C(=O)N(C2CC(O)C2)C(=O)C2NC(COc3ccc(N(C)C(=O)c4cnc(Cl)cn4)nc3)=NC21. The van der Waals surface area contributed by atoms with Crippen LogP contribution in [-0.2, 0) is 4.79 Å². The van der Waals surface area contributed by atoms with Gasteiger partial charge >= 0.3 is 6.03 Å². The van der Waals surface area contributed by atoms with Crippen LogP contribution in [0, 0.1) is 0 Å². The first kappa shape index (κ1) is 25.8. The minimum atomic E-state index is -0.702. The zero-order valence-corrected chi connectivity index (χ0v) is 21.6. The fourth-order valence-corrected chi connectivity index (χ4v) is 4.72. The summed E-state index contributed by atoms with van der Waals surface area (Å²) in [7, 11) is 1.56. The Kier molecular flexibility index (Phi) is 7.13. The van der Waals surface area contributed by atoms with E-state index in [1.807, 2.05) is 6.92 Å². The predicted molar refractivity (Wildman–Crippen MR) is 136 cm³/mol. The number of amides is 4. The van der Waals surface area contributed by atoms with Crippen molar-refractivity contribution < 1.29 is 24.2 Å². The van der Waals surface area contributed by atoms with Crippen LogP contribution in [0.4, 0.5) is 10.6 Å². The Morgan fingerprint density at radius 3 is 2.63 bits per heavy atom. The van der Waals surface area contributed by atoms with Gasteiger partial charge in [0.05, 0.1) is 24.7 Å². The summed E-state index contributed by atoms with van der Waals surface area (Å²) in [6, 6.07) is 1.91. The Morgan fingerprint density at radius 1 is 1.21 bits per heavy atom. The summed E-state index contributed by atoms with van der Waals surface area (Å²) in [5.74, 6) is 0.506. The second-order valence-corrected chi connectivity index (χ2v) is 9.69. The average molecular weight is 543 g/mol. The Bertz CT molecular complexity index is 1250. The number of aliphatic hydroxyl groups excluding tert-OH is 1. The van der Waals surface area contributed by atoms with Crippen LogP contribution in [-0.4, -0.2) is 98.1 Å². The fraction of sp³-hybridized carbons (Fsp3) is 0.458. The van der Waals surface area contributed by atoms with Gasteiger partial charge in [-0.25, -0.2) is 24.7 Å². The number of imide groups is 1. The van der Waals surface area contributed by atoms with Crippen molar-refractivity contribution in [2.24, 2.45) is 4.99 Å². The lowest BCUT2D eigenvalue weighted by Crippen LogP contribution is -2.69. The van der Waals surface area contributed by atoms with E-state index in [0.29, 0.717) is 43.2 Å². The quantitative estimate of drug-likeness (QED) is 0.498. The molecule has 0 radical (unpaired) electrons. The molecular formula is C24H27ClN8O5. The van der Waals surface area contributed by atoms with Gasteiger partial charge in [0.25, 0.3) is 11.8 Å². The predicted octanol–water partition coefficient (Wildman–Crippen LogP) is 1.07. The van der Waals surface area contributed by atoms with E-state index in [1.165, 1.54) is 28.4 Å². The van der Waals surface area contributed by atoms with Gasteiger partial charge in [-0.15, -0.1) is 0 Å². The Balaban J connectivity index is 1.22. The minimum absolute atomic E-state index is 0.0345. The van der Waals surface area contributed by atoms with E-state index < -0.39 is 24.2 Å². The first-order valence-corrected chi connectivity index (χ1v) is 12.6. The zero-order valence-electron chi connectivity index (χ0n) is 20.8. The summed E-state index contributed by atoms with van der Waals surface area (Å²) in [5, 5.41) is 13.0. The molecular weight excluding hydrogens is 516 g/mol. The Labute approximate surface area is 223 Å². The van der Waals surface area contributed by atoms with Crippen molar-refractivity contribution in [1.82, 2.24) is 30.1 Å². The molecule has 4 heterocycles. The molecule has 1 saturated heterocycles. The topological polar surface area (TPSA) is 153 Å². The molecule has 2 aromatic rings. The maximum atomic E-state index is 13.2. The zero-order chi connectivity index (χ0) is 27.0. The molecule has 0 aromatic carbocycles. The van der Waals surface area contributed by atoms with Crippen molar-refractivity contribution >= 4 is 41.1 Å². The van der Waals surface area contributed by atoms with E-state index in [9.17, 15) is 19.5 Å². The number of urea groups is 1. The number of amidine groups is 1. The van der Waals surface area contributed by atoms with E-state index in [4.69, 9.17) is 16.3 Å². The van der Waals surface area contributed by atoms with Crippen molar-refractivity contribution in [3.8, 4) is 5.75 Å². The molecule has 0 spiro atoms. The Hall–Kier alpha value is -3.84. The number of nitrogens with zero attached hydrogens (tertiary/aromatic N) is 7. The van der Waals surface area contributed by atoms with Crippen molar-refractivity contribution in [2.45, 2.75) is 50.5 Å². The van der Waals surface area contributed by atoms with Crippen LogP contribution in [0.15, 0.2) is 35.7 Å². The lowest BCUT2D eigenvalue weighted by molar-refractivity contribution is -0.140. The fourth-order valence-electron chi connectivity index (χ4n) is 4.62. The van der Waals surface area contributed by atoms with Crippen molar-refractivity contribution in [3.05, 3.63) is 41.6 Å². The number of aliphatic hydroxyl groups is 1. The maximum absolute atomic E-state index is 13.2. The van der Waals surface area contributed by atoms with Crippen LogP contribution in [0.3, 0.4) is 0 Å². The summed E-state index contributed by atoms with van der Waals surface area (Å²) in [5.41, 5.74) is 0.128. The van der Waals surface area contributed by atoms with Gasteiger partial charge in [-0.05, 0) is 31.4 Å². The first-order valence-electron chi connectivity index (χ1n) is 12.3. The molecule has 200 valence electrons. The number of anilines is 1. The molecule has 2 aliphatic heterocycles. The largest absolute Gasteiger partial charge is 0.484 e. The molecule has 2 aromatic heterocycles. The lowest BCUT2D eigenvalue weighted by atomic mass is 9.87. The molecule has 38 heavy (non-hydrogen) atoms. The van der Waals surface area contributed by atoms with Gasteiger partial charge in [0.15, 0.2) is 6.17 Å². The lowest BCUT2D eigenvalue weighted by Gasteiger charge is -2.47. The average Bonchev–Trinajstić information content (AvgIpc) is 3.33. The van der Waals surface area contributed by atoms with Crippen LogP contribution in [0.25, 0.3) is 0 Å². The number of rotatable bonds is 8. The molecule has 2 unspecified atom stereocenters. The van der Waals surface area contributed by atoms with E-state index in [0.717, 1.165) is 0 Å². The molecule has 3 aliphatic rings. The molecule has 2 fully saturated rings. The third-order valence-electron chi connectivity index (χ3n) is 6.68. The van der Waals surface area contributed by atoms with Crippen LogP contribution in [0.5, 0.6) is 5.75 Å². The van der Waals surface area contributed by atoms with Gasteiger partial charge in [0.1, 0.15) is 40.9 Å². The number of aromatic nitrogens is 3. The maximum Gasteiger partial charge on any atom is 0.328 e. The van der Waals surface area contributed by atoms with Crippen molar-refractivity contribution in [2.75, 3.05) is 25.1 Å². The molecule has 0 bridgehead atoms. The van der Waals surface area contributed by atoms with Gasteiger partial charge in [0, 0.05) is 19.6 Å². The normalized spacial score (nSPS) is 24.4. The van der Waals surface area contributed by atoms with Gasteiger partial charge in [0.2, 0.25) is 0 Å². The van der Waals surface area contributed by atoms with Crippen LogP contribution < -0.4 is 15.0 Å². The number of aliphatic imine (C=N–C) groups is 1. The third-order valence-corrected chi connectivity index (χ3v) is 6.88. The highest BCUT2D eigenvalue weighted by atomic mass is 35.5. The molecule has 1 aliphatic carbocycles. The molecule has 2 N–H and O–H groups in total. The van der Waals surface area contributed by atoms with Crippen molar-refractivity contribution in [3.63, 3.8) is 0 Å². The van der Waals surface area contributed by atoms with E-state index in [1.54, 1.807) is 24.1 Å². The van der Waals surface area contributed by atoms with Crippen LogP contribution in [0.1, 0.15) is 36.7 Å². The molecule has 13 nitrogen and oxygen atoms in total. The molecule has 2 atom stereocenters. The minimum Gasteiger partial charge on any atom is -0.484 e. The summed E-state index contributed by atoms with van der Waals surface area (Å²) in [6.45, 7) is 2.45. The van der Waals surface area contributed by atoms with Gasteiger partial charge in [-0.1, -0.05) is 18.5 Å². The number of hydrogen-bond acceptors (Lipinski definition) is 10. The number of ether oxygens (including phenoxy) is 1. The number of pyridine rings is 1. The number of hydrogen-bond donors (Lipinski definition) is 2. The van der Waals surface area contributed by atoms with E-state index in [-0.39, 0.29) is 35.4 Å². The van der Waals surface area contributed by atoms with Crippen molar-refractivity contribution in [1.29, 1.82) is 0 Å². The second kappa shape index (κ2) is 10.5. The molecule has 14 heteroatoms. The number of carbonyl (C=O) groups excluding carboxylic acids is 3. The van der Waals surface area contributed by atoms with Gasteiger partial charge in [-0.2, -0.15) is 0 Å². The highest BCUT2D eigenvalue weighted by Gasteiger charge is 2.53.